The standard InChI is InChI=1S/C13H28N2O/c1-10(2)5-6-11(3)15-7-8-16-13(9-15)12(4)14/h10-13H,5-9,14H2,1-4H3. The molecule has 3 atom stereocenters. The number of nitrogens with two attached hydrogens (primary N) is 1. The molecule has 96 valence electrons. The molecule has 3 unspecified atom stereocenters. The number of hydrogen-bond acceptors (Lipinski definition) is 3. The van der Waals surface area contributed by atoms with Gasteiger partial charge in [0.15, 0.2) is 0 Å². The molecule has 2 N–H and O–H groups in total. The molecule has 0 aromatic carbocycles. The van der Waals surface area contributed by atoms with Crippen molar-refractivity contribution in [3.05, 3.63) is 0 Å². The number of nitrogens with zero attached hydrogens (tertiary/aromatic N) is 1. The summed E-state index contributed by atoms with van der Waals surface area (Å²) in [5.41, 5.74) is 5.90. The second kappa shape index (κ2) is 6.58. The first-order valence-electron chi connectivity index (χ1n) is 6.62. The summed E-state index contributed by atoms with van der Waals surface area (Å²) in [7, 11) is 0. The first-order chi connectivity index (χ1) is 7.50. The Kier molecular flexibility index (Phi) is 5.73. The molecule has 1 aliphatic heterocycles. The second-order valence-corrected chi connectivity index (χ2v) is 5.58. The van der Waals surface area contributed by atoms with Gasteiger partial charge in [0.05, 0.1) is 12.7 Å². The molecule has 0 bridgehead atoms. The molecule has 1 saturated heterocycles. The van der Waals surface area contributed by atoms with Crippen LogP contribution in [-0.2, 0) is 4.74 Å². The van der Waals surface area contributed by atoms with E-state index in [1.807, 2.05) is 6.92 Å². The molecule has 1 heterocycles. The molecule has 3 nitrogen and oxygen atoms in total. The predicted molar refractivity (Wildman–Crippen MR) is 68.5 cm³/mol. The summed E-state index contributed by atoms with van der Waals surface area (Å²) < 4.78 is 5.68. The summed E-state index contributed by atoms with van der Waals surface area (Å²) in [5, 5.41) is 0. The fourth-order valence-corrected chi connectivity index (χ4v) is 2.17. The Bertz CT molecular complexity index is 194. The van der Waals surface area contributed by atoms with Gasteiger partial charge in [0, 0.05) is 25.2 Å². The zero-order valence-electron chi connectivity index (χ0n) is 11.3. The van der Waals surface area contributed by atoms with Gasteiger partial charge in [-0.1, -0.05) is 13.8 Å². The number of hydrogen-bond donors (Lipinski definition) is 1. The van der Waals surface area contributed by atoms with Crippen molar-refractivity contribution in [1.82, 2.24) is 4.90 Å². The van der Waals surface area contributed by atoms with Gasteiger partial charge < -0.3 is 10.5 Å². The minimum atomic E-state index is 0.139. The van der Waals surface area contributed by atoms with Crippen LogP contribution in [0.2, 0.25) is 0 Å². The highest BCUT2D eigenvalue weighted by atomic mass is 16.5. The molecule has 0 aliphatic carbocycles. The SMILES string of the molecule is CC(C)CCC(C)N1CCOC(C(C)N)C1. The molecule has 0 radical (unpaired) electrons. The van der Waals surface area contributed by atoms with Crippen molar-refractivity contribution in [3.8, 4) is 0 Å². The number of ether oxygens (including phenoxy) is 1. The Morgan fingerprint density at radius 3 is 2.50 bits per heavy atom. The molecule has 1 fully saturated rings. The molecule has 3 heteroatoms. The molecule has 0 spiro atoms. The fraction of sp³-hybridized carbons (Fsp3) is 1.00. The van der Waals surface area contributed by atoms with Crippen LogP contribution >= 0.6 is 0 Å². The highest BCUT2D eigenvalue weighted by molar-refractivity contribution is 4.80. The molecular weight excluding hydrogens is 200 g/mol. The monoisotopic (exact) mass is 228 g/mol. The van der Waals surface area contributed by atoms with E-state index in [9.17, 15) is 0 Å². The van der Waals surface area contributed by atoms with Crippen molar-refractivity contribution < 1.29 is 4.74 Å². The van der Waals surface area contributed by atoms with Gasteiger partial charge in [-0.3, -0.25) is 4.90 Å². The summed E-state index contributed by atoms with van der Waals surface area (Å²) in [6.45, 7) is 11.8. The van der Waals surface area contributed by atoms with Crippen LogP contribution in [0.25, 0.3) is 0 Å². The van der Waals surface area contributed by atoms with Crippen molar-refractivity contribution in [2.75, 3.05) is 19.7 Å². The van der Waals surface area contributed by atoms with Crippen molar-refractivity contribution in [1.29, 1.82) is 0 Å². The summed E-state index contributed by atoms with van der Waals surface area (Å²) in [6.07, 6.45) is 2.81. The van der Waals surface area contributed by atoms with Gasteiger partial charge in [0.2, 0.25) is 0 Å². The lowest BCUT2D eigenvalue weighted by molar-refractivity contribution is -0.0506. The van der Waals surface area contributed by atoms with E-state index in [1.165, 1.54) is 12.8 Å². The van der Waals surface area contributed by atoms with E-state index in [0.29, 0.717) is 6.04 Å². The normalized spacial score (nSPS) is 27.0. The second-order valence-electron chi connectivity index (χ2n) is 5.58. The van der Waals surface area contributed by atoms with Crippen molar-refractivity contribution >= 4 is 0 Å². The number of morpholine rings is 1. The van der Waals surface area contributed by atoms with Crippen molar-refractivity contribution in [2.24, 2.45) is 11.7 Å². The Labute approximate surface area is 100 Å². The topological polar surface area (TPSA) is 38.5 Å². The molecule has 1 aliphatic rings. The summed E-state index contributed by atoms with van der Waals surface area (Å²) >= 11 is 0. The average Bonchev–Trinajstić information content (AvgIpc) is 2.26. The van der Waals surface area contributed by atoms with Crippen LogP contribution in [-0.4, -0.2) is 42.8 Å². The van der Waals surface area contributed by atoms with Crippen LogP contribution in [0.4, 0.5) is 0 Å². The van der Waals surface area contributed by atoms with E-state index < -0.39 is 0 Å². The van der Waals surface area contributed by atoms with Crippen LogP contribution in [0, 0.1) is 5.92 Å². The van der Waals surface area contributed by atoms with Crippen LogP contribution in [0.3, 0.4) is 0 Å². The molecule has 0 saturated carbocycles. The van der Waals surface area contributed by atoms with Gasteiger partial charge in [-0.2, -0.15) is 0 Å². The quantitative estimate of drug-likeness (QED) is 0.780. The predicted octanol–water partition coefficient (Wildman–Crippen LogP) is 1.86. The van der Waals surface area contributed by atoms with Gasteiger partial charge in [-0.25, -0.2) is 0 Å². The van der Waals surface area contributed by atoms with E-state index in [0.717, 1.165) is 25.6 Å². The summed E-state index contributed by atoms with van der Waals surface area (Å²) in [4.78, 5) is 2.53. The highest BCUT2D eigenvalue weighted by Gasteiger charge is 2.26. The zero-order chi connectivity index (χ0) is 12.1. The van der Waals surface area contributed by atoms with Gasteiger partial charge in [0.25, 0.3) is 0 Å². The third kappa shape index (κ3) is 4.40. The van der Waals surface area contributed by atoms with Crippen LogP contribution < -0.4 is 5.73 Å². The van der Waals surface area contributed by atoms with E-state index >= 15 is 0 Å². The largest absolute Gasteiger partial charge is 0.374 e. The molecule has 0 amide bonds. The maximum Gasteiger partial charge on any atom is 0.0850 e. The Morgan fingerprint density at radius 2 is 1.94 bits per heavy atom. The molecular formula is C13H28N2O. The Morgan fingerprint density at radius 1 is 1.25 bits per heavy atom. The maximum atomic E-state index is 5.90. The summed E-state index contributed by atoms with van der Waals surface area (Å²) in [5.74, 6) is 0.799. The lowest BCUT2D eigenvalue weighted by Crippen LogP contribution is -2.52. The highest BCUT2D eigenvalue weighted by Crippen LogP contribution is 2.16. The zero-order valence-corrected chi connectivity index (χ0v) is 11.3. The van der Waals surface area contributed by atoms with E-state index in [-0.39, 0.29) is 12.1 Å². The van der Waals surface area contributed by atoms with E-state index in [4.69, 9.17) is 10.5 Å². The minimum absolute atomic E-state index is 0.139. The van der Waals surface area contributed by atoms with Crippen LogP contribution in [0.1, 0.15) is 40.5 Å². The Hall–Kier alpha value is -0.120. The molecule has 16 heavy (non-hydrogen) atoms. The van der Waals surface area contributed by atoms with Crippen molar-refractivity contribution in [2.45, 2.75) is 58.7 Å². The van der Waals surface area contributed by atoms with E-state index in [1.54, 1.807) is 0 Å². The van der Waals surface area contributed by atoms with Crippen LogP contribution in [0.5, 0.6) is 0 Å². The lowest BCUT2D eigenvalue weighted by atomic mass is 10.0. The van der Waals surface area contributed by atoms with Gasteiger partial charge in [-0.05, 0) is 32.6 Å². The first-order valence-corrected chi connectivity index (χ1v) is 6.62. The lowest BCUT2D eigenvalue weighted by Gasteiger charge is -2.38. The van der Waals surface area contributed by atoms with Crippen LogP contribution in [0.15, 0.2) is 0 Å². The molecule has 0 aromatic rings. The summed E-state index contributed by atoms with van der Waals surface area (Å²) in [6, 6.07) is 0.799. The van der Waals surface area contributed by atoms with Gasteiger partial charge >= 0.3 is 0 Å². The van der Waals surface area contributed by atoms with Gasteiger partial charge in [0.1, 0.15) is 0 Å². The first kappa shape index (κ1) is 13.9. The third-order valence-electron chi connectivity index (χ3n) is 3.50. The van der Waals surface area contributed by atoms with E-state index in [2.05, 4.69) is 25.7 Å². The molecule has 0 aromatic heterocycles. The van der Waals surface area contributed by atoms with Gasteiger partial charge in [-0.15, -0.1) is 0 Å². The third-order valence-corrected chi connectivity index (χ3v) is 3.50. The smallest absolute Gasteiger partial charge is 0.0850 e. The maximum absolute atomic E-state index is 5.90. The fourth-order valence-electron chi connectivity index (χ4n) is 2.17. The Balaban J connectivity index is 2.34. The number of rotatable bonds is 5. The molecule has 1 rings (SSSR count). The van der Waals surface area contributed by atoms with Crippen molar-refractivity contribution in [3.63, 3.8) is 0 Å². The minimum Gasteiger partial charge on any atom is -0.374 e. The average molecular weight is 228 g/mol.